The van der Waals surface area contributed by atoms with Gasteiger partial charge in [-0.05, 0) is 37.2 Å². The lowest BCUT2D eigenvalue weighted by molar-refractivity contribution is -0.139. The molecule has 20 heavy (non-hydrogen) atoms. The molecule has 0 radical (unpaired) electrons. The van der Waals surface area contributed by atoms with Crippen LogP contribution in [0.2, 0.25) is 0 Å². The van der Waals surface area contributed by atoms with Crippen molar-refractivity contribution in [2.24, 2.45) is 5.92 Å². The zero-order valence-electron chi connectivity index (χ0n) is 12.4. The largest absolute Gasteiger partial charge is 0.480 e. The van der Waals surface area contributed by atoms with Gasteiger partial charge in [0.2, 0.25) is 0 Å². The van der Waals surface area contributed by atoms with Crippen molar-refractivity contribution in [3.63, 3.8) is 0 Å². The van der Waals surface area contributed by atoms with Crippen LogP contribution in [0.4, 0.5) is 4.79 Å². The van der Waals surface area contributed by atoms with Crippen molar-refractivity contribution in [2.75, 3.05) is 12.0 Å². The molecule has 0 aromatic rings. The maximum Gasteiger partial charge on any atom is 0.326 e. The average molecular weight is 302 g/mol. The van der Waals surface area contributed by atoms with Crippen molar-refractivity contribution in [3.05, 3.63) is 0 Å². The first-order chi connectivity index (χ1) is 9.58. The highest BCUT2D eigenvalue weighted by Crippen LogP contribution is 2.26. The highest BCUT2D eigenvalue weighted by Gasteiger charge is 2.26. The minimum Gasteiger partial charge on any atom is -0.480 e. The number of nitrogens with one attached hydrogen (secondary N) is 2. The SMILES string of the molecule is CCC1CCCCC1NC(=O)N[C@H](CCSC)C(=O)O. The number of rotatable bonds is 7. The van der Waals surface area contributed by atoms with Crippen LogP contribution in [0.5, 0.6) is 0 Å². The smallest absolute Gasteiger partial charge is 0.326 e. The predicted molar refractivity (Wildman–Crippen MR) is 82.1 cm³/mol. The van der Waals surface area contributed by atoms with E-state index in [1.165, 1.54) is 6.42 Å². The number of amides is 2. The number of carboxylic acids is 1. The van der Waals surface area contributed by atoms with E-state index in [0.29, 0.717) is 12.3 Å². The summed E-state index contributed by atoms with van der Waals surface area (Å²) in [4.78, 5) is 23.1. The molecule has 1 rings (SSSR count). The lowest BCUT2D eigenvalue weighted by Crippen LogP contribution is -2.51. The van der Waals surface area contributed by atoms with Gasteiger partial charge in [-0.25, -0.2) is 9.59 Å². The van der Waals surface area contributed by atoms with E-state index in [1.807, 2.05) is 6.26 Å². The van der Waals surface area contributed by atoms with E-state index >= 15 is 0 Å². The van der Waals surface area contributed by atoms with Crippen LogP contribution in [0, 0.1) is 5.92 Å². The highest BCUT2D eigenvalue weighted by atomic mass is 32.2. The van der Waals surface area contributed by atoms with Crippen molar-refractivity contribution in [1.29, 1.82) is 0 Å². The fourth-order valence-corrected chi connectivity index (χ4v) is 3.22. The van der Waals surface area contributed by atoms with Gasteiger partial charge in [-0.15, -0.1) is 0 Å². The number of carbonyl (C=O) groups is 2. The third kappa shape index (κ3) is 5.61. The Morgan fingerprint density at radius 2 is 2.05 bits per heavy atom. The fourth-order valence-electron chi connectivity index (χ4n) is 2.75. The average Bonchev–Trinajstić information content (AvgIpc) is 2.43. The summed E-state index contributed by atoms with van der Waals surface area (Å²) in [5.74, 6) is 0.270. The summed E-state index contributed by atoms with van der Waals surface area (Å²) in [5, 5.41) is 14.6. The van der Waals surface area contributed by atoms with E-state index in [-0.39, 0.29) is 12.1 Å². The number of aliphatic carboxylic acids is 1. The molecule has 2 unspecified atom stereocenters. The summed E-state index contributed by atoms with van der Waals surface area (Å²) in [6.07, 6.45) is 7.93. The molecule has 1 aliphatic carbocycles. The van der Waals surface area contributed by atoms with Crippen LogP contribution < -0.4 is 10.6 Å². The number of thioether (sulfide) groups is 1. The Morgan fingerprint density at radius 1 is 1.35 bits per heavy atom. The number of carbonyl (C=O) groups excluding carboxylic acids is 1. The second-order valence-corrected chi connectivity index (χ2v) is 6.33. The van der Waals surface area contributed by atoms with Gasteiger partial charge in [0.25, 0.3) is 0 Å². The van der Waals surface area contributed by atoms with Gasteiger partial charge in [-0.3, -0.25) is 0 Å². The molecule has 0 heterocycles. The normalized spacial score (nSPS) is 23.9. The van der Waals surface area contributed by atoms with Gasteiger partial charge in [0.15, 0.2) is 0 Å². The third-order valence-electron chi connectivity index (χ3n) is 3.96. The summed E-state index contributed by atoms with van der Waals surface area (Å²) in [6.45, 7) is 2.14. The van der Waals surface area contributed by atoms with Gasteiger partial charge in [-0.2, -0.15) is 11.8 Å². The summed E-state index contributed by atoms with van der Waals surface area (Å²) in [7, 11) is 0. The van der Waals surface area contributed by atoms with Gasteiger partial charge in [0.1, 0.15) is 6.04 Å². The maximum absolute atomic E-state index is 12.0. The molecular formula is C14H26N2O3S. The van der Waals surface area contributed by atoms with Crippen molar-refractivity contribution >= 4 is 23.8 Å². The number of urea groups is 1. The Hall–Kier alpha value is -0.910. The fraction of sp³-hybridized carbons (Fsp3) is 0.857. The van der Waals surface area contributed by atoms with Crippen LogP contribution in [-0.2, 0) is 4.79 Å². The van der Waals surface area contributed by atoms with Crippen LogP contribution >= 0.6 is 11.8 Å². The summed E-state index contributed by atoms with van der Waals surface area (Å²) in [5.41, 5.74) is 0. The molecule has 2 amide bonds. The Morgan fingerprint density at radius 3 is 2.65 bits per heavy atom. The van der Waals surface area contributed by atoms with Crippen molar-refractivity contribution in [1.82, 2.24) is 10.6 Å². The Balaban J connectivity index is 2.45. The lowest BCUT2D eigenvalue weighted by Gasteiger charge is -2.31. The van der Waals surface area contributed by atoms with Crippen molar-refractivity contribution < 1.29 is 14.7 Å². The maximum atomic E-state index is 12.0. The van der Waals surface area contributed by atoms with E-state index in [1.54, 1.807) is 11.8 Å². The molecule has 0 aromatic heterocycles. The highest BCUT2D eigenvalue weighted by molar-refractivity contribution is 7.98. The molecule has 0 spiro atoms. The lowest BCUT2D eigenvalue weighted by atomic mass is 9.83. The van der Waals surface area contributed by atoms with E-state index in [0.717, 1.165) is 31.4 Å². The second-order valence-electron chi connectivity index (χ2n) is 5.35. The first-order valence-electron chi connectivity index (χ1n) is 7.37. The molecular weight excluding hydrogens is 276 g/mol. The molecule has 0 bridgehead atoms. The molecule has 1 saturated carbocycles. The topological polar surface area (TPSA) is 78.4 Å². The number of hydrogen-bond donors (Lipinski definition) is 3. The zero-order chi connectivity index (χ0) is 15.0. The van der Waals surface area contributed by atoms with Gasteiger partial charge in [-0.1, -0.05) is 26.2 Å². The molecule has 1 aliphatic rings. The van der Waals surface area contributed by atoms with E-state index in [2.05, 4.69) is 17.6 Å². The molecule has 0 aliphatic heterocycles. The monoisotopic (exact) mass is 302 g/mol. The van der Waals surface area contributed by atoms with Crippen molar-refractivity contribution in [2.45, 2.75) is 57.5 Å². The molecule has 5 nitrogen and oxygen atoms in total. The minimum atomic E-state index is -0.968. The Kier molecular flexibility index (Phi) is 7.80. The van der Waals surface area contributed by atoms with Gasteiger partial charge in [0, 0.05) is 6.04 Å². The first-order valence-corrected chi connectivity index (χ1v) is 8.76. The van der Waals surface area contributed by atoms with Gasteiger partial charge >= 0.3 is 12.0 Å². The summed E-state index contributed by atoms with van der Waals surface area (Å²) >= 11 is 1.58. The first kappa shape index (κ1) is 17.1. The van der Waals surface area contributed by atoms with Crippen LogP contribution in [0.15, 0.2) is 0 Å². The molecule has 0 aromatic carbocycles. The van der Waals surface area contributed by atoms with Gasteiger partial charge < -0.3 is 15.7 Å². The van der Waals surface area contributed by atoms with Gasteiger partial charge in [0.05, 0.1) is 0 Å². The second kappa shape index (κ2) is 9.10. The van der Waals surface area contributed by atoms with Crippen molar-refractivity contribution in [3.8, 4) is 0 Å². The number of hydrogen-bond acceptors (Lipinski definition) is 3. The van der Waals surface area contributed by atoms with Crippen LogP contribution in [-0.4, -0.2) is 41.2 Å². The standard InChI is InChI=1S/C14H26N2O3S/c1-3-10-6-4-5-7-11(10)15-14(19)16-12(13(17)18)8-9-20-2/h10-12H,3-9H2,1-2H3,(H,17,18)(H2,15,16,19)/t10?,11?,12-/m1/s1. The Bertz CT molecular complexity index is 326. The molecule has 6 heteroatoms. The van der Waals surface area contributed by atoms with Crippen LogP contribution in [0.3, 0.4) is 0 Å². The summed E-state index contributed by atoms with van der Waals surface area (Å²) in [6, 6.07) is -0.960. The van der Waals surface area contributed by atoms with Crippen LogP contribution in [0.1, 0.15) is 45.4 Å². The minimum absolute atomic E-state index is 0.184. The number of carboxylic acid groups (broad SMARTS) is 1. The molecule has 3 N–H and O–H groups in total. The molecule has 116 valence electrons. The van der Waals surface area contributed by atoms with E-state index < -0.39 is 12.0 Å². The van der Waals surface area contributed by atoms with Crippen LogP contribution in [0.25, 0.3) is 0 Å². The summed E-state index contributed by atoms with van der Waals surface area (Å²) < 4.78 is 0. The Labute approximate surface area is 125 Å². The quantitative estimate of drug-likeness (QED) is 0.675. The zero-order valence-corrected chi connectivity index (χ0v) is 13.2. The molecule has 1 fully saturated rings. The predicted octanol–water partition coefficient (Wildman–Crippen LogP) is 2.46. The third-order valence-corrected chi connectivity index (χ3v) is 4.61. The molecule has 3 atom stereocenters. The molecule has 0 saturated heterocycles. The van der Waals surface area contributed by atoms with E-state index in [9.17, 15) is 9.59 Å². The van der Waals surface area contributed by atoms with E-state index in [4.69, 9.17) is 5.11 Å².